The Labute approximate surface area is 101 Å². The molecule has 6 heteroatoms. The third-order valence-electron chi connectivity index (χ3n) is 2.63. The van der Waals surface area contributed by atoms with Gasteiger partial charge in [-0.15, -0.1) is 0 Å². The second kappa shape index (κ2) is 4.39. The van der Waals surface area contributed by atoms with E-state index in [9.17, 15) is 10.1 Å². The molecule has 0 bridgehead atoms. The summed E-state index contributed by atoms with van der Waals surface area (Å²) in [6.45, 7) is 0.685. The largest absolute Gasteiger partial charge is 0.393 e. The Morgan fingerprint density at radius 3 is 2.88 bits per heavy atom. The number of anilines is 1. The van der Waals surface area contributed by atoms with E-state index in [4.69, 9.17) is 10.5 Å². The van der Waals surface area contributed by atoms with E-state index in [1.54, 1.807) is 6.07 Å². The minimum absolute atomic E-state index is 0.0696. The van der Waals surface area contributed by atoms with Gasteiger partial charge >= 0.3 is 0 Å². The van der Waals surface area contributed by atoms with E-state index in [0.717, 1.165) is 12.8 Å². The molecule has 1 saturated heterocycles. The fourth-order valence-electron chi connectivity index (χ4n) is 1.86. The molecule has 2 N–H and O–H groups in total. The molecule has 16 heavy (non-hydrogen) atoms. The number of halogens is 1. The van der Waals surface area contributed by atoms with Crippen molar-refractivity contribution < 1.29 is 9.66 Å². The molecule has 1 aromatic rings. The average molecular weight is 287 g/mol. The highest BCUT2D eigenvalue weighted by Gasteiger charge is 2.25. The number of nitrogens with zero attached hydrogens (tertiary/aromatic N) is 1. The molecule has 1 aliphatic heterocycles. The van der Waals surface area contributed by atoms with Gasteiger partial charge in [-0.3, -0.25) is 10.1 Å². The zero-order valence-corrected chi connectivity index (χ0v) is 10.1. The molecule has 1 fully saturated rings. The summed E-state index contributed by atoms with van der Waals surface area (Å²) in [5.74, 6) is 0. The lowest BCUT2D eigenvalue weighted by atomic mass is 10.0. The van der Waals surface area contributed by atoms with Crippen LogP contribution in [0.2, 0.25) is 0 Å². The number of nitro benzene ring substituents is 1. The molecule has 0 saturated carbocycles. The van der Waals surface area contributed by atoms with Gasteiger partial charge in [0.2, 0.25) is 0 Å². The number of hydrogen-bond donors (Lipinski definition) is 1. The summed E-state index contributed by atoms with van der Waals surface area (Å²) >= 11 is 3.25. The highest BCUT2D eigenvalue weighted by atomic mass is 79.9. The lowest BCUT2D eigenvalue weighted by Gasteiger charge is -2.13. The maximum Gasteiger partial charge on any atom is 0.293 e. The molecule has 0 spiro atoms. The van der Waals surface area contributed by atoms with E-state index in [1.807, 2.05) is 0 Å². The Kier molecular flexibility index (Phi) is 3.11. The van der Waals surface area contributed by atoms with Crippen LogP contribution in [-0.4, -0.2) is 11.5 Å². The summed E-state index contributed by atoms with van der Waals surface area (Å²) in [4.78, 5) is 10.3. The van der Waals surface area contributed by atoms with Crippen molar-refractivity contribution in [3.63, 3.8) is 0 Å². The van der Waals surface area contributed by atoms with Gasteiger partial charge in [0.15, 0.2) is 0 Å². The molecule has 1 heterocycles. The molecule has 2 rings (SSSR count). The topological polar surface area (TPSA) is 78.4 Å². The number of ether oxygens (including phenoxy) is 1. The van der Waals surface area contributed by atoms with Crippen molar-refractivity contribution in [3.05, 3.63) is 32.3 Å². The molecule has 0 aromatic heterocycles. The summed E-state index contributed by atoms with van der Waals surface area (Å²) in [5, 5.41) is 10.8. The van der Waals surface area contributed by atoms with E-state index in [0.29, 0.717) is 16.6 Å². The van der Waals surface area contributed by atoms with Crippen molar-refractivity contribution in [2.24, 2.45) is 0 Å². The molecule has 0 aliphatic carbocycles. The maximum atomic E-state index is 10.8. The fourth-order valence-corrected chi connectivity index (χ4v) is 2.33. The molecule has 0 amide bonds. The van der Waals surface area contributed by atoms with Crippen LogP contribution in [0.1, 0.15) is 24.5 Å². The minimum atomic E-state index is -0.474. The van der Waals surface area contributed by atoms with Crippen LogP contribution in [0.15, 0.2) is 16.6 Å². The predicted molar refractivity (Wildman–Crippen MR) is 63.1 cm³/mol. The monoisotopic (exact) mass is 286 g/mol. The van der Waals surface area contributed by atoms with Crippen molar-refractivity contribution in [2.75, 3.05) is 12.3 Å². The van der Waals surface area contributed by atoms with Crippen molar-refractivity contribution in [3.8, 4) is 0 Å². The second-order valence-electron chi connectivity index (χ2n) is 3.69. The first-order valence-corrected chi connectivity index (χ1v) is 5.74. The SMILES string of the molecule is Nc1c(C2CCCO2)cc(Br)cc1[N+](=O)[O-]. The van der Waals surface area contributed by atoms with Gasteiger partial charge in [-0.25, -0.2) is 0 Å². The molecule has 1 aromatic carbocycles. The highest BCUT2D eigenvalue weighted by molar-refractivity contribution is 9.10. The molecular weight excluding hydrogens is 276 g/mol. The van der Waals surface area contributed by atoms with Crippen molar-refractivity contribution in [1.82, 2.24) is 0 Å². The maximum absolute atomic E-state index is 10.8. The molecular formula is C10H11BrN2O3. The van der Waals surface area contributed by atoms with Gasteiger partial charge in [0, 0.05) is 22.7 Å². The van der Waals surface area contributed by atoms with E-state index >= 15 is 0 Å². The second-order valence-corrected chi connectivity index (χ2v) is 4.60. The first-order chi connectivity index (χ1) is 7.59. The third-order valence-corrected chi connectivity index (χ3v) is 3.09. The zero-order valence-electron chi connectivity index (χ0n) is 8.48. The lowest BCUT2D eigenvalue weighted by molar-refractivity contribution is -0.384. The van der Waals surface area contributed by atoms with Crippen LogP contribution in [0.25, 0.3) is 0 Å². The summed E-state index contributed by atoms with van der Waals surface area (Å²) < 4.78 is 6.14. The summed E-state index contributed by atoms with van der Waals surface area (Å²) in [7, 11) is 0. The summed E-state index contributed by atoms with van der Waals surface area (Å²) in [6.07, 6.45) is 1.71. The van der Waals surface area contributed by atoms with E-state index < -0.39 is 4.92 Å². The minimum Gasteiger partial charge on any atom is -0.393 e. The first kappa shape index (κ1) is 11.3. The third kappa shape index (κ3) is 2.03. The van der Waals surface area contributed by atoms with Gasteiger partial charge in [-0.2, -0.15) is 0 Å². The highest BCUT2D eigenvalue weighted by Crippen LogP contribution is 2.38. The molecule has 1 aliphatic rings. The standard InChI is InChI=1S/C10H11BrN2O3/c11-6-4-7(9-2-1-3-16-9)10(12)8(5-6)13(14)15/h4-5,9H,1-3,12H2. The van der Waals surface area contributed by atoms with Crippen LogP contribution in [-0.2, 0) is 4.74 Å². The Morgan fingerprint density at radius 2 is 2.31 bits per heavy atom. The number of rotatable bonds is 2. The van der Waals surface area contributed by atoms with Gasteiger partial charge in [0.1, 0.15) is 5.69 Å². The Balaban J connectivity index is 2.47. The smallest absolute Gasteiger partial charge is 0.293 e. The lowest BCUT2D eigenvalue weighted by Crippen LogP contribution is -2.04. The summed E-state index contributed by atoms with van der Waals surface area (Å²) in [6, 6.07) is 3.20. The summed E-state index contributed by atoms with van der Waals surface area (Å²) in [5.41, 5.74) is 6.64. The van der Waals surface area contributed by atoms with Crippen LogP contribution in [0.3, 0.4) is 0 Å². The molecule has 86 valence electrons. The fraction of sp³-hybridized carbons (Fsp3) is 0.400. The average Bonchev–Trinajstić information content (AvgIpc) is 2.73. The van der Waals surface area contributed by atoms with E-state index in [1.165, 1.54) is 6.07 Å². The number of nitro groups is 1. The van der Waals surface area contributed by atoms with E-state index in [2.05, 4.69) is 15.9 Å². The van der Waals surface area contributed by atoms with Crippen LogP contribution in [0.5, 0.6) is 0 Å². The Bertz CT molecular complexity index is 430. The van der Waals surface area contributed by atoms with E-state index in [-0.39, 0.29) is 17.5 Å². The van der Waals surface area contributed by atoms with Crippen LogP contribution < -0.4 is 5.73 Å². The van der Waals surface area contributed by atoms with Crippen LogP contribution in [0.4, 0.5) is 11.4 Å². The van der Waals surface area contributed by atoms with Crippen molar-refractivity contribution in [2.45, 2.75) is 18.9 Å². The quantitative estimate of drug-likeness (QED) is 0.515. The van der Waals surface area contributed by atoms with Crippen molar-refractivity contribution in [1.29, 1.82) is 0 Å². The number of nitrogens with two attached hydrogens (primary N) is 1. The van der Waals surface area contributed by atoms with Crippen LogP contribution in [0, 0.1) is 10.1 Å². The Hall–Kier alpha value is -1.14. The van der Waals surface area contributed by atoms with Gasteiger partial charge < -0.3 is 10.5 Å². The van der Waals surface area contributed by atoms with Crippen LogP contribution >= 0.6 is 15.9 Å². The number of benzene rings is 1. The first-order valence-electron chi connectivity index (χ1n) is 4.94. The molecule has 1 atom stereocenters. The molecule has 1 unspecified atom stereocenters. The van der Waals surface area contributed by atoms with Gasteiger partial charge in [0.05, 0.1) is 11.0 Å². The number of nitrogen functional groups attached to an aromatic ring is 1. The van der Waals surface area contributed by atoms with Crippen molar-refractivity contribution >= 4 is 27.3 Å². The zero-order chi connectivity index (χ0) is 11.7. The van der Waals surface area contributed by atoms with Gasteiger partial charge in [-0.1, -0.05) is 15.9 Å². The number of hydrogen-bond acceptors (Lipinski definition) is 4. The Morgan fingerprint density at radius 1 is 1.56 bits per heavy atom. The molecule has 0 radical (unpaired) electrons. The van der Waals surface area contributed by atoms with Gasteiger partial charge in [-0.05, 0) is 18.9 Å². The molecule has 5 nitrogen and oxygen atoms in total. The normalized spacial score (nSPS) is 19.9. The predicted octanol–water partition coefficient (Wildman–Crippen LogP) is 2.79. The van der Waals surface area contributed by atoms with Gasteiger partial charge in [0.25, 0.3) is 5.69 Å².